The average Bonchev–Trinajstić information content (AvgIpc) is 2.99. The maximum Gasteiger partial charge on any atom is 0.405 e. The summed E-state index contributed by atoms with van der Waals surface area (Å²) in [7, 11) is 0. The van der Waals surface area contributed by atoms with Crippen LogP contribution in [0.4, 0.5) is 23.8 Å². The lowest BCUT2D eigenvalue weighted by atomic mass is 10.1. The third-order valence-electron chi connectivity index (χ3n) is 4.11. The van der Waals surface area contributed by atoms with E-state index in [1.54, 1.807) is 29.6 Å². The van der Waals surface area contributed by atoms with Gasteiger partial charge in [-0.1, -0.05) is 24.9 Å². The summed E-state index contributed by atoms with van der Waals surface area (Å²) in [6, 6.07) is 6.85. The minimum Gasteiger partial charge on any atom is -0.328 e. The number of amides is 4. The molecule has 1 aliphatic heterocycles. The fourth-order valence-electron chi connectivity index (χ4n) is 2.69. The van der Waals surface area contributed by atoms with Crippen LogP contribution in [0.1, 0.15) is 26.5 Å². The molecule has 3 rings (SSSR count). The van der Waals surface area contributed by atoms with Crippen LogP contribution in [0.25, 0.3) is 0 Å². The van der Waals surface area contributed by atoms with Crippen LogP contribution in [0.5, 0.6) is 0 Å². The quantitative estimate of drug-likeness (QED) is 0.366. The third kappa shape index (κ3) is 5.67. The number of anilines is 1. The first-order valence-corrected chi connectivity index (χ1v) is 10.4. The van der Waals surface area contributed by atoms with Crippen molar-refractivity contribution in [3.05, 3.63) is 53.5 Å². The van der Waals surface area contributed by atoms with E-state index in [0.717, 1.165) is 0 Å². The molecule has 2 heterocycles. The highest BCUT2D eigenvalue weighted by Crippen LogP contribution is 2.23. The van der Waals surface area contributed by atoms with Crippen molar-refractivity contribution in [3.63, 3.8) is 0 Å². The number of hydrogen-bond acceptors (Lipinski definition) is 7. The van der Waals surface area contributed by atoms with Gasteiger partial charge in [0, 0.05) is 24.6 Å². The van der Waals surface area contributed by atoms with Crippen molar-refractivity contribution < 1.29 is 27.6 Å². The minimum absolute atomic E-state index is 0.00829. The molecule has 1 aromatic carbocycles. The number of thioether (sulfide) groups is 1. The monoisotopic (exact) mass is 471 g/mol. The topological polar surface area (TPSA) is 95.5 Å². The van der Waals surface area contributed by atoms with E-state index in [0.29, 0.717) is 32.8 Å². The molecule has 1 aliphatic rings. The van der Waals surface area contributed by atoms with E-state index in [4.69, 9.17) is 0 Å². The summed E-state index contributed by atoms with van der Waals surface area (Å²) in [4.78, 5) is 45.7. The number of nitrogens with one attached hydrogen (secondary N) is 1. The molecule has 164 valence electrons. The van der Waals surface area contributed by atoms with Crippen molar-refractivity contribution in [1.82, 2.24) is 20.2 Å². The second-order valence-corrected chi connectivity index (χ2v) is 7.78. The Balaban J connectivity index is 1.50. The number of thiol groups is 1. The lowest BCUT2D eigenvalue weighted by Gasteiger charge is -2.17. The largest absolute Gasteiger partial charge is 0.405 e. The molecular formula is C18H16F3N5O3S2. The number of benzene rings is 1. The van der Waals surface area contributed by atoms with Gasteiger partial charge in [-0.25, -0.2) is 19.1 Å². The van der Waals surface area contributed by atoms with E-state index in [9.17, 15) is 27.6 Å². The number of halogens is 3. The van der Waals surface area contributed by atoms with Crippen molar-refractivity contribution in [2.45, 2.75) is 11.9 Å². The van der Waals surface area contributed by atoms with Gasteiger partial charge in [0.05, 0.1) is 16.9 Å². The van der Waals surface area contributed by atoms with Gasteiger partial charge in [-0.3, -0.25) is 14.5 Å². The summed E-state index contributed by atoms with van der Waals surface area (Å²) in [5, 5.41) is 1.69. The fourth-order valence-corrected chi connectivity index (χ4v) is 3.65. The fraction of sp³-hybridized carbons (Fsp3) is 0.278. The number of fused-ring (bicyclic) bond motifs is 1. The first-order valence-electron chi connectivity index (χ1n) is 8.86. The molecule has 0 fully saturated rings. The normalized spacial score (nSPS) is 13.4. The zero-order valence-corrected chi connectivity index (χ0v) is 17.5. The third-order valence-corrected chi connectivity index (χ3v) is 5.43. The molecule has 0 saturated carbocycles. The van der Waals surface area contributed by atoms with Gasteiger partial charge < -0.3 is 5.32 Å². The van der Waals surface area contributed by atoms with Gasteiger partial charge in [0.25, 0.3) is 11.8 Å². The summed E-state index contributed by atoms with van der Waals surface area (Å²) < 4.78 is 37.3. The molecule has 0 unspecified atom stereocenters. The molecule has 0 aliphatic carbocycles. The molecule has 8 nitrogen and oxygen atoms in total. The number of carbonyl (C=O) groups excluding carboxylic acids is 3. The number of carbonyl (C=O) groups is 3. The van der Waals surface area contributed by atoms with Crippen LogP contribution in [0, 0.1) is 0 Å². The first-order chi connectivity index (χ1) is 14.7. The first kappa shape index (κ1) is 22.9. The molecule has 1 aromatic heterocycles. The number of alkyl halides is 3. The van der Waals surface area contributed by atoms with Crippen LogP contribution in [-0.4, -0.2) is 57.7 Å². The van der Waals surface area contributed by atoms with Crippen LogP contribution in [0.3, 0.4) is 0 Å². The van der Waals surface area contributed by atoms with Gasteiger partial charge >= 0.3 is 12.2 Å². The lowest BCUT2D eigenvalue weighted by Crippen LogP contribution is -2.40. The molecule has 0 atom stereocenters. The van der Waals surface area contributed by atoms with Crippen molar-refractivity contribution in [2.24, 2.45) is 0 Å². The van der Waals surface area contributed by atoms with Gasteiger partial charge in [-0.15, -0.1) is 0 Å². The maximum absolute atomic E-state index is 12.3. The Hall–Kier alpha value is -2.80. The second kappa shape index (κ2) is 9.56. The van der Waals surface area contributed by atoms with Crippen molar-refractivity contribution in [1.29, 1.82) is 0 Å². The molecule has 2 aromatic rings. The SMILES string of the molecule is O=C1c2ccccc2C(=O)N1CCSCc1nccc(N(S)C(=O)NCC(F)(F)F)n1. The van der Waals surface area contributed by atoms with E-state index in [2.05, 4.69) is 22.8 Å². The highest BCUT2D eigenvalue weighted by molar-refractivity contribution is 7.98. The van der Waals surface area contributed by atoms with Gasteiger partial charge in [-0.05, 0) is 12.1 Å². The van der Waals surface area contributed by atoms with Crippen LogP contribution < -0.4 is 9.62 Å². The summed E-state index contributed by atoms with van der Waals surface area (Å²) in [5.74, 6) is 0.366. The van der Waals surface area contributed by atoms with Gasteiger partial charge in [0.15, 0.2) is 5.82 Å². The number of hydrogen-bond donors (Lipinski definition) is 2. The average molecular weight is 471 g/mol. The minimum atomic E-state index is -4.54. The van der Waals surface area contributed by atoms with Crippen molar-refractivity contribution in [2.75, 3.05) is 23.1 Å². The number of imide groups is 1. The van der Waals surface area contributed by atoms with E-state index in [-0.39, 0.29) is 24.2 Å². The van der Waals surface area contributed by atoms with E-state index >= 15 is 0 Å². The Morgan fingerprint density at radius 2 is 1.81 bits per heavy atom. The van der Waals surface area contributed by atoms with E-state index < -0.39 is 18.8 Å². The van der Waals surface area contributed by atoms with E-state index in [1.165, 1.54) is 28.9 Å². The Labute approximate surface area is 184 Å². The lowest BCUT2D eigenvalue weighted by molar-refractivity contribution is -0.122. The standard InChI is InChI=1S/C18H16F3N5O3S2/c19-18(20,21)10-23-17(29)26(30)14-5-6-22-13(24-14)9-31-8-7-25-15(27)11-3-1-2-4-12(11)16(25)28/h1-6,30H,7-10H2,(H,23,29). The summed E-state index contributed by atoms with van der Waals surface area (Å²) in [6.45, 7) is -1.29. The molecule has 0 radical (unpaired) electrons. The number of aromatic nitrogens is 2. The highest BCUT2D eigenvalue weighted by Gasteiger charge is 2.34. The maximum atomic E-state index is 12.3. The van der Waals surface area contributed by atoms with Crippen LogP contribution in [-0.2, 0) is 5.75 Å². The summed E-state index contributed by atoms with van der Waals surface area (Å²) >= 11 is 5.23. The van der Waals surface area contributed by atoms with Crippen molar-refractivity contribution in [3.8, 4) is 0 Å². The van der Waals surface area contributed by atoms with Gasteiger partial charge in [0.1, 0.15) is 12.4 Å². The number of nitrogens with zero attached hydrogens (tertiary/aromatic N) is 4. The van der Waals surface area contributed by atoms with E-state index in [1.807, 2.05) is 0 Å². The van der Waals surface area contributed by atoms with Crippen LogP contribution in [0.15, 0.2) is 36.5 Å². The molecule has 4 amide bonds. The molecule has 1 N–H and O–H groups in total. The Kier molecular flexibility index (Phi) is 7.05. The molecule has 0 spiro atoms. The molecule has 0 saturated heterocycles. The van der Waals surface area contributed by atoms with Gasteiger partial charge in [-0.2, -0.15) is 24.9 Å². The predicted octanol–water partition coefficient (Wildman–Crippen LogP) is 2.93. The Bertz CT molecular complexity index is 970. The number of rotatable bonds is 7. The smallest absolute Gasteiger partial charge is 0.328 e. The summed E-state index contributed by atoms with van der Waals surface area (Å²) in [6.07, 6.45) is -3.19. The molecule has 13 heteroatoms. The molecule has 31 heavy (non-hydrogen) atoms. The Morgan fingerprint density at radius 3 is 2.42 bits per heavy atom. The predicted molar refractivity (Wildman–Crippen MR) is 111 cm³/mol. The summed E-state index contributed by atoms with van der Waals surface area (Å²) in [5.41, 5.74) is 0.761. The number of urea groups is 1. The Morgan fingerprint density at radius 1 is 1.16 bits per heavy atom. The van der Waals surface area contributed by atoms with Crippen molar-refractivity contribution >= 4 is 48.2 Å². The zero-order valence-electron chi connectivity index (χ0n) is 15.8. The van der Waals surface area contributed by atoms with Gasteiger partial charge in [0.2, 0.25) is 0 Å². The van der Waals surface area contributed by atoms with Crippen LogP contribution >= 0.6 is 24.6 Å². The highest BCUT2D eigenvalue weighted by atomic mass is 32.2. The second-order valence-electron chi connectivity index (χ2n) is 6.28. The van der Waals surface area contributed by atoms with Crippen LogP contribution in [0.2, 0.25) is 0 Å². The zero-order chi connectivity index (χ0) is 22.6. The molecule has 0 bridgehead atoms. The molecular weight excluding hydrogens is 455 g/mol.